The number of alkyl halides is 3. The average Bonchev–Trinajstić information content (AvgIpc) is 2.26. The number of rotatable bonds is 4. The lowest BCUT2D eigenvalue weighted by molar-refractivity contribution is -0.136. The summed E-state index contributed by atoms with van der Waals surface area (Å²) in [5.41, 5.74) is -0.134. The molecule has 0 aliphatic heterocycles. The van der Waals surface area contributed by atoms with Crippen molar-refractivity contribution in [1.29, 1.82) is 5.26 Å². The van der Waals surface area contributed by atoms with Gasteiger partial charge in [-0.1, -0.05) is 0 Å². The van der Waals surface area contributed by atoms with Crippen molar-refractivity contribution in [2.75, 3.05) is 0 Å². The number of aliphatic carboxylic acids is 1. The quantitative estimate of drug-likeness (QED) is 0.846. The van der Waals surface area contributed by atoms with Gasteiger partial charge in [0.05, 0.1) is 18.1 Å². The van der Waals surface area contributed by atoms with E-state index in [-0.39, 0.29) is 28.1 Å². The summed E-state index contributed by atoms with van der Waals surface area (Å²) >= 11 is 5.55. The number of hydrogen-bond donors (Lipinski definition) is 1. The zero-order chi connectivity index (χ0) is 13.0. The minimum atomic E-state index is -2.79. The summed E-state index contributed by atoms with van der Waals surface area (Å²) in [5.74, 6) is -1.37. The summed E-state index contributed by atoms with van der Waals surface area (Å²) in [6.45, 7) is 0. The fraction of sp³-hybridized carbons (Fsp3) is 0.273. The van der Waals surface area contributed by atoms with Crippen LogP contribution in [0.5, 0.6) is 0 Å². The summed E-state index contributed by atoms with van der Waals surface area (Å²) < 4.78 is 25.5. The van der Waals surface area contributed by atoms with E-state index in [1.807, 2.05) is 0 Å². The molecule has 0 bridgehead atoms. The predicted molar refractivity (Wildman–Crippen MR) is 57.0 cm³/mol. The normalized spacial score (nSPS) is 10.3. The van der Waals surface area contributed by atoms with Crippen molar-refractivity contribution in [2.24, 2.45) is 0 Å². The maximum absolute atomic E-state index is 12.7. The second kappa shape index (κ2) is 5.60. The van der Waals surface area contributed by atoms with Gasteiger partial charge in [0.1, 0.15) is 0 Å². The molecule has 0 spiro atoms. The molecular formula is C11H8ClF2NO2. The molecule has 0 unspecified atom stereocenters. The Balaban J connectivity index is 3.40. The molecule has 0 saturated heterocycles. The third-order valence-corrected chi connectivity index (χ3v) is 2.48. The fourth-order valence-corrected chi connectivity index (χ4v) is 1.83. The molecule has 0 fully saturated rings. The van der Waals surface area contributed by atoms with E-state index < -0.39 is 18.8 Å². The minimum Gasteiger partial charge on any atom is -0.481 e. The maximum Gasteiger partial charge on any atom is 0.307 e. The Kier molecular flexibility index (Phi) is 4.41. The fourth-order valence-electron chi connectivity index (χ4n) is 1.50. The van der Waals surface area contributed by atoms with Crippen molar-refractivity contribution in [3.05, 3.63) is 34.4 Å². The van der Waals surface area contributed by atoms with Crippen LogP contribution in [0.4, 0.5) is 8.78 Å². The van der Waals surface area contributed by atoms with Gasteiger partial charge in [0.25, 0.3) is 6.43 Å². The smallest absolute Gasteiger partial charge is 0.307 e. The van der Waals surface area contributed by atoms with Gasteiger partial charge in [0.2, 0.25) is 0 Å². The van der Waals surface area contributed by atoms with Crippen LogP contribution in [0.1, 0.15) is 28.7 Å². The Morgan fingerprint density at radius 1 is 1.53 bits per heavy atom. The molecule has 0 amide bonds. The van der Waals surface area contributed by atoms with E-state index >= 15 is 0 Å². The van der Waals surface area contributed by atoms with Crippen LogP contribution in [0.3, 0.4) is 0 Å². The number of halogens is 3. The third kappa shape index (κ3) is 3.14. The zero-order valence-corrected chi connectivity index (χ0v) is 9.34. The average molecular weight is 260 g/mol. The van der Waals surface area contributed by atoms with Gasteiger partial charge >= 0.3 is 5.97 Å². The molecule has 0 aromatic heterocycles. The molecule has 0 aliphatic carbocycles. The Morgan fingerprint density at radius 2 is 2.18 bits per heavy atom. The van der Waals surface area contributed by atoms with Crippen LogP contribution in [0.25, 0.3) is 0 Å². The second-order valence-corrected chi connectivity index (χ2v) is 3.59. The van der Waals surface area contributed by atoms with E-state index in [0.717, 1.165) is 6.07 Å². The van der Waals surface area contributed by atoms with Crippen molar-refractivity contribution in [3.63, 3.8) is 0 Å². The molecule has 1 N–H and O–H groups in total. The Hall–Kier alpha value is -1.67. The standard InChI is InChI=1S/C11H8ClF2NO2/c12-4-9-7(3-10(16)17)1-6(5-15)2-8(9)11(13)14/h1-2,11H,3-4H2,(H,16,17). The molecule has 0 atom stereocenters. The second-order valence-electron chi connectivity index (χ2n) is 3.32. The number of benzene rings is 1. The molecule has 1 aromatic rings. The molecule has 1 rings (SSSR count). The maximum atomic E-state index is 12.7. The molecule has 17 heavy (non-hydrogen) atoms. The number of nitrogens with zero attached hydrogens (tertiary/aromatic N) is 1. The van der Waals surface area contributed by atoms with Crippen LogP contribution in [0.2, 0.25) is 0 Å². The van der Waals surface area contributed by atoms with Gasteiger partial charge in [-0.3, -0.25) is 4.79 Å². The van der Waals surface area contributed by atoms with E-state index in [1.165, 1.54) is 6.07 Å². The van der Waals surface area contributed by atoms with Crippen molar-refractivity contribution >= 4 is 17.6 Å². The van der Waals surface area contributed by atoms with Crippen LogP contribution in [-0.2, 0) is 17.1 Å². The van der Waals surface area contributed by atoms with E-state index in [0.29, 0.717) is 0 Å². The monoisotopic (exact) mass is 259 g/mol. The Morgan fingerprint density at radius 3 is 2.59 bits per heavy atom. The molecule has 6 heteroatoms. The first-order chi connectivity index (χ1) is 7.99. The van der Waals surface area contributed by atoms with E-state index in [9.17, 15) is 13.6 Å². The molecule has 90 valence electrons. The minimum absolute atomic E-state index is 0.00502. The van der Waals surface area contributed by atoms with Crippen molar-refractivity contribution in [1.82, 2.24) is 0 Å². The highest BCUT2D eigenvalue weighted by Gasteiger charge is 2.18. The van der Waals surface area contributed by atoms with Gasteiger partial charge in [-0.15, -0.1) is 11.6 Å². The highest BCUT2D eigenvalue weighted by atomic mass is 35.5. The van der Waals surface area contributed by atoms with Gasteiger partial charge in [-0.25, -0.2) is 8.78 Å². The number of carboxylic acid groups (broad SMARTS) is 1. The van der Waals surface area contributed by atoms with Gasteiger partial charge < -0.3 is 5.11 Å². The van der Waals surface area contributed by atoms with Crippen LogP contribution in [-0.4, -0.2) is 11.1 Å². The van der Waals surface area contributed by atoms with Crippen molar-refractivity contribution < 1.29 is 18.7 Å². The third-order valence-electron chi connectivity index (χ3n) is 2.22. The highest BCUT2D eigenvalue weighted by molar-refractivity contribution is 6.17. The van der Waals surface area contributed by atoms with Gasteiger partial charge in [-0.05, 0) is 23.3 Å². The first-order valence-corrected chi connectivity index (χ1v) is 5.14. The molecule has 0 aliphatic rings. The molecule has 1 aromatic carbocycles. The van der Waals surface area contributed by atoms with Crippen LogP contribution in [0.15, 0.2) is 12.1 Å². The largest absolute Gasteiger partial charge is 0.481 e. The number of hydrogen-bond acceptors (Lipinski definition) is 2. The lowest BCUT2D eigenvalue weighted by atomic mass is 9.97. The molecular weight excluding hydrogens is 252 g/mol. The Bertz CT molecular complexity index is 483. The molecule has 3 nitrogen and oxygen atoms in total. The summed E-state index contributed by atoms with van der Waals surface area (Å²) in [7, 11) is 0. The van der Waals surface area contributed by atoms with Gasteiger partial charge in [-0.2, -0.15) is 5.26 Å². The number of carboxylic acids is 1. The highest BCUT2D eigenvalue weighted by Crippen LogP contribution is 2.28. The van der Waals surface area contributed by atoms with E-state index in [4.69, 9.17) is 22.0 Å². The first kappa shape index (κ1) is 13.4. The Labute approximate surface area is 101 Å². The summed E-state index contributed by atoms with van der Waals surface area (Å²) in [6, 6.07) is 4.03. The number of nitriles is 1. The molecule has 0 heterocycles. The van der Waals surface area contributed by atoms with Gasteiger partial charge in [0.15, 0.2) is 0 Å². The van der Waals surface area contributed by atoms with Gasteiger partial charge in [0, 0.05) is 11.4 Å². The van der Waals surface area contributed by atoms with Crippen molar-refractivity contribution in [2.45, 2.75) is 18.7 Å². The summed E-state index contributed by atoms with van der Waals surface area (Å²) in [5, 5.41) is 17.4. The first-order valence-electron chi connectivity index (χ1n) is 4.61. The zero-order valence-electron chi connectivity index (χ0n) is 8.58. The van der Waals surface area contributed by atoms with E-state index in [2.05, 4.69) is 0 Å². The van der Waals surface area contributed by atoms with E-state index in [1.54, 1.807) is 6.07 Å². The predicted octanol–water partition coefficient (Wildman–Crippen LogP) is 2.86. The summed E-state index contributed by atoms with van der Waals surface area (Å²) in [4.78, 5) is 10.6. The molecule has 0 radical (unpaired) electrons. The number of carbonyl (C=O) groups is 1. The van der Waals surface area contributed by atoms with Crippen LogP contribution >= 0.6 is 11.6 Å². The lowest BCUT2D eigenvalue weighted by Gasteiger charge is -2.11. The molecule has 0 saturated carbocycles. The SMILES string of the molecule is N#Cc1cc(CC(=O)O)c(CCl)c(C(F)F)c1. The van der Waals surface area contributed by atoms with Crippen LogP contribution < -0.4 is 0 Å². The summed E-state index contributed by atoms with van der Waals surface area (Å²) in [6.07, 6.45) is -3.22. The topological polar surface area (TPSA) is 61.1 Å². The van der Waals surface area contributed by atoms with Crippen molar-refractivity contribution in [3.8, 4) is 6.07 Å². The van der Waals surface area contributed by atoms with Crippen LogP contribution in [0, 0.1) is 11.3 Å². The lowest BCUT2D eigenvalue weighted by Crippen LogP contribution is -2.06.